The Hall–Kier alpha value is -2.24. The number of hydrogen-bond donors (Lipinski definition) is 0. The molecule has 170 valence electrons. The van der Waals surface area contributed by atoms with Gasteiger partial charge in [0.1, 0.15) is 12.4 Å². The van der Waals surface area contributed by atoms with E-state index in [9.17, 15) is 9.18 Å². The van der Waals surface area contributed by atoms with Crippen LogP contribution in [0.2, 0.25) is 0 Å². The molecule has 0 amide bonds. The third kappa shape index (κ3) is 4.60. The average molecular weight is 437 g/mol. The average Bonchev–Trinajstić information content (AvgIpc) is 3.14. The van der Waals surface area contributed by atoms with Gasteiger partial charge in [-0.05, 0) is 71.4 Å². The summed E-state index contributed by atoms with van der Waals surface area (Å²) in [5.74, 6) is 1.23. The minimum Gasteiger partial charge on any atom is -0.465 e. The quantitative estimate of drug-likeness (QED) is 0.658. The van der Waals surface area contributed by atoms with E-state index in [0.29, 0.717) is 24.4 Å². The molecule has 5 heteroatoms. The molecular weight excluding hydrogens is 403 g/mol. The molecule has 4 nitrogen and oxygen atoms in total. The molecule has 0 radical (unpaired) electrons. The van der Waals surface area contributed by atoms with E-state index in [1.165, 1.54) is 35.6 Å². The number of fused-ring (bicyclic) bond motifs is 5. The summed E-state index contributed by atoms with van der Waals surface area (Å²) in [6, 6.07) is 14.3. The Bertz CT molecular complexity index is 970. The number of esters is 1. The fraction of sp³-hybridized carbons (Fsp3) is 0.519. The fourth-order valence-electron chi connectivity index (χ4n) is 6.19. The molecular formula is C27H33FN2O2. The van der Waals surface area contributed by atoms with Crippen LogP contribution in [0.25, 0.3) is 0 Å². The van der Waals surface area contributed by atoms with Gasteiger partial charge in [0.15, 0.2) is 0 Å². The van der Waals surface area contributed by atoms with Gasteiger partial charge < -0.3 is 9.64 Å². The maximum absolute atomic E-state index is 14.2. The van der Waals surface area contributed by atoms with Crippen molar-refractivity contribution in [2.45, 2.75) is 38.0 Å². The zero-order chi connectivity index (χ0) is 22.1. The van der Waals surface area contributed by atoms with Crippen LogP contribution in [-0.2, 0) is 16.0 Å². The largest absolute Gasteiger partial charge is 0.465 e. The van der Waals surface area contributed by atoms with Crippen molar-refractivity contribution >= 4 is 5.97 Å². The van der Waals surface area contributed by atoms with Gasteiger partial charge in [0.2, 0.25) is 0 Å². The van der Waals surface area contributed by atoms with Crippen molar-refractivity contribution < 1.29 is 13.9 Å². The Labute approximate surface area is 190 Å². The Kier molecular flexibility index (Phi) is 6.29. The van der Waals surface area contributed by atoms with Crippen LogP contribution in [0.3, 0.4) is 0 Å². The molecule has 1 saturated heterocycles. The summed E-state index contributed by atoms with van der Waals surface area (Å²) in [5, 5.41) is 0. The second kappa shape index (κ2) is 9.32. The Balaban J connectivity index is 1.25. The highest BCUT2D eigenvalue weighted by molar-refractivity contribution is 5.65. The van der Waals surface area contributed by atoms with Gasteiger partial charge >= 0.3 is 5.97 Å². The summed E-state index contributed by atoms with van der Waals surface area (Å²) < 4.78 is 19.3. The molecule has 1 heterocycles. The van der Waals surface area contributed by atoms with Crippen molar-refractivity contribution in [3.63, 3.8) is 0 Å². The predicted octanol–water partition coefficient (Wildman–Crippen LogP) is 4.19. The van der Waals surface area contributed by atoms with E-state index in [4.69, 9.17) is 4.74 Å². The highest BCUT2D eigenvalue weighted by atomic mass is 19.1. The molecule has 3 aliphatic rings. The number of nitrogens with zero attached hydrogens (tertiary/aromatic N) is 2. The number of halogens is 1. The Morgan fingerprint density at radius 1 is 0.969 bits per heavy atom. The van der Waals surface area contributed by atoms with Crippen molar-refractivity contribution in [3.8, 4) is 0 Å². The van der Waals surface area contributed by atoms with Gasteiger partial charge in [0.05, 0.1) is 0 Å². The molecule has 0 aromatic heterocycles. The second-order valence-electron chi connectivity index (χ2n) is 9.75. The molecule has 3 unspecified atom stereocenters. The van der Waals surface area contributed by atoms with Gasteiger partial charge in [-0.3, -0.25) is 9.69 Å². The van der Waals surface area contributed by atoms with Crippen molar-refractivity contribution in [3.05, 3.63) is 70.5 Å². The van der Waals surface area contributed by atoms with Crippen molar-refractivity contribution in [1.29, 1.82) is 0 Å². The highest BCUT2D eigenvalue weighted by Gasteiger charge is 2.40. The topological polar surface area (TPSA) is 32.8 Å². The van der Waals surface area contributed by atoms with Crippen molar-refractivity contribution in [2.24, 2.45) is 5.92 Å². The summed E-state index contributed by atoms with van der Waals surface area (Å²) >= 11 is 0. The summed E-state index contributed by atoms with van der Waals surface area (Å²) in [4.78, 5) is 15.9. The maximum Gasteiger partial charge on any atom is 0.302 e. The molecule has 3 atom stereocenters. The molecule has 1 aliphatic heterocycles. The SMILES string of the molecule is CC(=O)OCCN1CCN(CC2CC3c4ccccc4Cc4ccc(F)cc4C3C2)CC1. The van der Waals surface area contributed by atoms with E-state index in [1.807, 2.05) is 12.1 Å². The van der Waals surface area contributed by atoms with Crippen LogP contribution in [0.1, 0.15) is 53.9 Å². The molecule has 0 N–H and O–H groups in total. The summed E-state index contributed by atoms with van der Waals surface area (Å²) in [6.45, 7) is 8.07. The zero-order valence-electron chi connectivity index (χ0n) is 18.9. The molecule has 5 rings (SSSR count). The fourth-order valence-corrected chi connectivity index (χ4v) is 6.19. The standard InChI is InChI=1S/C27H33FN2O2/c1-19(31)32-13-12-29-8-10-30(11-9-29)18-20-14-26-24-5-3-2-4-21(24)16-22-6-7-23(28)17-25(22)27(26)15-20/h2-7,17,20,26-27H,8-16,18H2,1H3. The molecule has 0 bridgehead atoms. The van der Waals surface area contributed by atoms with Crippen molar-refractivity contribution in [1.82, 2.24) is 9.80 Å². The van der Waals surface area contributed by atoms with Crippen LogP contribution in [0.5, 0.6) is 0 Å². The van der Waals surface area contributed by atoms with Crippen LogP contribution in [-0.4, -0.2) is 61.6 Å². The van der Waals surface area contributed by atoms with Gasteiger partial charge in [0, 0.05) is 46.2 Å². The van der Waals surface area contributed by atoms with Crippen LogP contribution < -0.4 is 0 Å². The first kappa shape index (κ1) is 21.6. The minimum absolute atomic E-state index is 0.109. The smallest absolute Gasteiger partial charge is 0.302 e. The van der Waals surface area contributed by atoms with E-state index < -0.39 is 0 Å². The molecule has 2 aromatic rings. The number of carbonyl (C=O) groups excluding carboxylic acids is 1. The number of piperazine rings is 1. The van der Waals surface area contributed by atoms with Crippen LogP contribution in [0.4, 0.5) is 4.39 Å². The number of benzene rings is 2. The first-order valence-electron chi connectivity index (χ1n) is 12.0. The lowest BCUT2D eigenvalue weighted by Gasteiger charge is -2.35. The molecule has 2 fully saturated rings. The molecule has 0 spiro atoms. The highest BCUT2D eigenvalue weighted by Crippen LogP contribution is 2.52. The van der Waals surface area contributed by atoms with Gasteiger partial charge in [0.25, 0.3) is 0 Å². The Morgan fingerprint density at radius 2 is 1.66 bits per heavy atom. The lowest BCUT2D eigenvalue weighted by molar-refractivity contribution is -0.141. The van der Waals surface area contributed by atoms with Gasteiger partial charge in [-0.1, -0.05) is 30.3 Å². The first-order valence-corrected chi connectivity index (χ1v) is 12.0. The third-order valence-corrected chi connectivity index (χ3v) is 7.70. The Morgan fingerprint density at radius 3 is 2.44 bits per heavy atom. The van der Waals surface area contributed by atoms with E-state index in [1.54, 1.807) is 6.07 Å². The zero-order valence-corrected chi connectivity index (χ0v) is 18.9. The van der Waals surface area contributed by atoms with Gasteiger partial charge in [-0.15, -0.1) is 0 Å². The van der Waals surface area contributed by atoms with E-state index in [-0.39, 0.29) is 11.8 Å². The number of carbonyl (C=O) groups is 1. The van der Waals surface area contributed by atoms with Gasteiger partial charge in [-0.25, -0.2) is 4.39 Å². The van der Waals surface area contributed by atoms with E-state index >= 15 is 0 Å². The number of hydrogen-bond acceptors (Lipinski definition) is 4. The van der Waals surface area contributed by atoms with Crippen LogP contribution in [0.15, 0.2) is 42.5 Å². The monoisotopic (exact) mass is 436 g/mol. The summed E-state index contributed by atoms with van der Waals surface area (Å²) in [7, 11) is 0. The molecule has 1 saturated carbocycles. The summed E-state index contributed by atoms with van der Waals surface area (Å²) in [5.41, 5.74) is 5.43. The minimum atomic E-state index is -0.204. The third-order valence-electron chi connectivity index (χ3n) is 7.70. The summed E-state index contributed by atoms with van der Waals surface area (Å²) in [6.07, 6.45) is 3.24. The maximum atomic E-state index is 14.2. The van der Waals surface area contributed by atoms with Crippen molar-refractivity contribution in [2.75, 3.05) is 45.9 Å². The van der Waals surface area contributed by atoms with Crippen LogP contribution >= 0.6 is 0 Å². The second-order valence-corrected chi connectivity index (χ2v) is 9.75. The lowest BCUT2D eigenvalue weighted by atomic mass is 9.84. The van der Waals surface area contributed by atoms with E-state index in [0.717, 1.165) is 52.1 Å². The molecule has 2 aromatic carbocycles. The molecule has 2 aliphatic carbocycles. The number of rotatable bonds is 5. The normalized spacial score (nSPS) is 25.5. The lowest BCUT2D eigenvalue weighted by Crippen LogP contribution is -2.48. The number of ether oxygens (including phenoxy) is 1. The molecule has 32 heavy (non-hydrogen) atoms. The van der Waals surface area contributed by atoms with E-state index in [2.05, 4.69) is 34.1 Å². The van der Waals surface area contributed by atoms with Crippen LogP contribution in [0, 0.1) is 11.7 Å². The first-order chi connectivity index (χ1) is 15.6. The van der Waals surface area contributed by atoms with Gasteiger partial charge in [-0.2, -0.15) is 0 Å². The predicted molar refractivity (Wildman–Crippen MR) is 123 cm³/mol.